The first-order chi connectivity index (χ1) is 9.43. The van der Waals surface area contributed by atoms with Crippen LogP contribution in [0.4, 0.5) is 4.79 Å². The minimum Gasteiger partial charge on any atom is -0.480 e. The third-order valence-electron chi connectivity index (χ3n) is 3.65. The summed E-state index contributed by atoms with van der Waals surface area (Å²) in [4.78, 5) is 33.8. The molecule has 2 amide bonds. The van der Waals surface area contributed by atoms with E-state index in [0.29, 0.717) is 5.92 Å². The van der Waals surface area contributed by atoms with E-state index in [1.54, 1.807) is 0 Å². The SMILES string of the molecule is COC(=O)CC[C@H](NC(=O)NC1CCCC1C)C(=O)O. The van der Waals surface area contributed by atoms with Gasteiger partial charge in [0.1, 0.15) is 6.04 Å². The average molecular weight is 286 g/mol. The Labute approximate surface area is 118 Å². The Morgan fingerprint density at radius 1 is 1.35 bits per heavy atom. The molecule has 1 fully saturated rings. The summed E-state index contributed by atoms with van der Waals surface area (Å²) < 4.78 is 4.45. The number of carbonyl (C=O) groups excluding carboxylic acids is 2. The molecule has 1 aliphatic rings. The number of esters is 1. The lowest BCUT2D eigenvalue weighted by Gasteiger charge is -2.20. The van der Waals surface area contributed by atoms with Gasteiger partial charge in [0.05, 0.1) is 7.11 Å². The maximum Gasteiger partial charge on any atom is 0.326 e. The molecule has 0 saturated heterocycles. The fourth-order valence-corrected chi connectivity index (χ4v) is 2.35. The predicted molar refractivity (Wildman–Crippen MR) is 71.1 cm³/mol. The molecule has 0 aliphatic heterocycles. The Morgan fingerprint density at radius 3 is 2.55 bits per heavy atom. The Balaban J connectivity index is 2.42. The molecule has 3 atom stereocenters. The summed E-state index contributed by atoms with van der Waals surface area (Å²) in [6, 6.07) is -1.50. The molecule has 1 saturated carbocycles. The van der Waals surface area contributed by atoms with Gasteiger partial charge in [-0.05, 0) is 25.2 Å². The minimum atomic E-state index is -1.16. The zero-order chi connectivity index (χ0) is 15.1. The fourth-order valence-electron chi connectivity index (χ4n) is 2.35. The molecule has 3 N–H and O–H groups in total. The van der Waals surface area contributed by atoms with Gasteiger partial charge in [-0.25, -0.2) is 9.59 Å². The molecule has 20 heavy (non-hydrogen) atoms. The van der Waals surface area contributed by atoms with E-state index in [1.165, 1.54) is 7.11 Å². The molecule has 0 aromatic carbocycles. The predicted octanol–water partition coefficient (Wildman–Crippen LogP) is 0.881. The summed E-state index contributed by atoms with van der Waals surface area (Å²) in [6.45, 7) is 2.06. The van der Waals surface area contributed by atoms with Gasteiger partial charge in [-0.15, -0.1) is 0 Å². The zero-order valence-electron chi connectivity index (χ0n) is 11.8. The first-order valence-electron chi connectivity index (χ1n) is 6.80. The number of hydrogen-bond donors (Lipinski definition) is 3. The van der Waals surface area contributed by atoms with Crippen molar-refractivity contribution in [2.24, 2.45) is 5.92 Å². The average Bonchev–Trinajstić information content (AvgIpc) is 2.79. The van der Waals surface area contributed by atoms with Crippen molar-refractivity contribution in [1.29, 1.82) is 0 Å². The number of ether oxygens (including phenoxy) is 1. The van der Waals surface area contributed by atoms with Gasteiger partial charge in [0, 0.05) is 12.5 Å². The summed E-state index contributed by atoms with van der Waals surface area (Å²) in [7, 11) is 1.24. The molecule has 0 bridgehead atoms. The Bertz CT molecular complexity index is 372. The van der Waals surface area contributed by atoms with Crippen LogP contribution in [-0.4, -0.2) is 42.3 Å². The van der Waals surface area contributed by atoms with Crippen LogP contribution in [0, 0.1) is 5.92 Å². The van der Waals surface area contributed by atoms with Crippen LogP contribution in [-0.2, 0) is 14.3 Å². The normalized spacial score (nSPS) is 22.9. The molecule has 114 valence electrons. The minimum absolute atomic E-state index is 0.00957. The molecule has 1 aliphatic carbocycles. The van der Waals surface area contributed by atoms with Crippen LogP contribution in [0.3, 0.4) is 0 Å². The highest BCUT2D eigenvalue weighted by Crippen LogP contribution is 2.24. The number of hydrogen-bond acceptors (Lipinski definition) is 4. The summed E-state index contributed by atoms with van der Waals surface area (Å²) >= 11 is 0. The van der Waals surface area contributed by atoms with E-state index in [2.05, 4.69) is 22.3 Å². The highest BCUT2D eigenvalue weighted by Gasteiger charge is 2.27. The lowest BCUT2D eigenvalue weighted by atomic mass is 10.1. The quantitative estimate of drug-likeness (QED) is 0.629. The maximum atomic E-state index is 11.8. The van der Waals surface area contributed by atoms with Gasteiger partial charge in [0.15, 0.2) is 0 Å². The maximum absolute atomic E-state index is 11.8. The molecule has 0 spiro atoms. The zero-order valence-corrected chi connectivity index (χ0v) is 11.8. The summed E-state index contributed by atoms with van der Waals surface area (Å²) in [6.07, 6.45) is 3.00. The van der Waals surface area contributed by atoms with Crippen LogP contribution in [0.2, 0.25) is 0 Å². The Morgan fingerprint density at radius 2 is 2.05 bits per heavy atom. The van der Waals surface area contributed by atoms with Gasteiger partial charge in [0.25, 0.3) is 0 Å². The lowest BCUT2D eigenvalue weighted by Crippen LogP contribution is -2.49. The van der Waals surface area contributed by atoms with Crippen molar-refractivity contribution in [2.45, 2.75) is 51.1 Å². The number of carbonyl (C=O) groups is 3. The van der Waals surface area contributed by atoms with Gasteiger partial charge in [0.2, 0.25) is 0 Å². The number of amides is 2. The number of urea groups is 1. The number of rotatable bonds is 6. The monoisotopic (exact) mass is 286 g/mol. The second kappa shape index (κ2) is 7.72. The van der Waals surface area contributed by atoms with E-state index in [4.69, 9.17) is 5.11 Å². The van der Waals surface area contributed by atoms with Gasteiger partial charge in [-0.2, -0.15) is 0 Å². The highest BCUT2D eigenvalue weighted by molar-refractivity contribution is 5.83. The van der Waals surface area contributed by atoms with Crippen LogP contribution in [0.25, 0.3) is 0 Å². The number of aliphatic carboxylic acids is 1. The fraction of sp³-hybridized carbons (Fsp3) is 0.769. The van der Waals surface area contributed by atoms with Crippen molar-refractivity contribution in [2.75, 3.05) is 7.11 Å². The van der Waals surface area contributed by atoms with Gasteiger partial charge in [-0.1, -0.05) is 13.3 Å². The van der Waals surface area contributed by atoms with E-state index in [-0.39, 0.29) is 18.9 Å². The van der Waals surface area contributed by atoms with Crippen LogP contribution in [0.5, 0.6) is 0 Å². The van der Waals surface area contributed by atoms with E-state index in [0.717, 1.165) is 19.3 Å². The molecular formula is C13H22N2O5. The molecule has 0 radical (unpaired) electrons. The standard InChI is InChI=1S/C13H22N2O5/c1-8-4-3-5-9(8)14-13(19)15-10(12(17)18)6-7-11(16)20-2/h8-10H,3-7H2,1-2H3,(H,17,18)(H2,14,15,19)/t8?,9?,10-/m0/s1. The topological polar surface area (TPSA) is 105 Å². The molecule has 7 nitrogen and oxygen atoms in total. The third-order valence-corrected chi connectivity index (χ3v) is 3.65. The van der Waals surface area contributed by atoms with Crippen molar-refractivity contribution >= 4 is 18.0 Å². The molecule has 0 aromatic rings. The van der Waals surface area contributed by atoms with E-state index in [9.17, 15) is 14.4 Å². The van der Waals surface area contributed by atoms with E-state index in [1.807, 2.05) is 0 Å². The third kappa shape index (κ3) is 5.07. The second-order valence-corrected chi connectivity index (χ2v) is 5.14. The molecule has 1 rings (SSSR count). The van der Waals surface area contributed by atoms with Crippen LogP contribution >= 0.6 is 0 Å². The van der Waals surface area contributed by atoms with Crippen molar-refractivity contribution in [3.8, 4) is 0 Å². The number of nitrogens with one attached hydrogen (secondary N) is 2. The number of carboxylic acid groups (broad SMARTS) is 1. The second-order valence-electron chi connectivity index (χ2n) is 5.14. The van der Waals surface area contributed by atoms with Gasteiger partial charge in [-0.3, -0.25) is 4.79 Å². The van der Waals surface area contributed by atoms with Crippen molar-refractivity contribution in [3.05, 3.63) is 0 Å². The number of carboxylic acids is 1. The van der Waals surface area contributed by atoms with Crippen LogP contribution in [0.1, 0.15) is 39.0 Å². The largest absolute Gasteiger partial charge is 0.480 e. The van der Waals surface area contributed by atoms with E-state index >= 15 is 0 Å². The van der Waals surface area contributed by atoms with Gasteiger partial charge < -0.3 is 20.5 Å². The molecule has 7 heteroatoms. The van der Waals surface area contributed by atoms with Crippen molar-refractivity contribution in [1.82, 2.24) is 10.6 Å². The molecule has 2 unspecified atom stereocenters. The van der Waals surface area contributed by atoms with Crippen molar-refractivity contribution < 1.29 is 24.2 Å². The molecule has 0 aromatic heterocycles. The summed E-state index contributed by atoms with van der Waals surface area (Å²) in [5.41, 5.74) is 0. The number of methoxy groups -OCH3 is 1. The van der Waals surface area contributed by atoms with E-state index < -0.39 is 24.0 Å². The summed E-state index contributed by atoms with van der Waals surface area (Å²) in [5.74, 6) is -1.26. The first kappa shape index (κ1) is 16.3. The smallest absolute Gasteiger partial charge is 0.326 e. The van der Waals surface area contributed by atoms with Crippen LogP contribution < -0.4 is 10.6 Å². The Kier molecular flexibility index (Phi) is 6.27. The Hall–Kier alpha value is -1.79. The molecule has 0 heterocycles. The van der Waals surface area contributed by atoms with Gasteiger partial charge >= 0.3 is 18.0 Å². The van der Waals surface area contributed by atoms with Crippen LogP contribution in [0.15, 0.2) is 0 Å². The highest BCUT2D eigenvalue weighted by atomic mass is 16.5. The van der Waals surface area contributed by atoms with Crippen molar-refractivity contribution in [3.63, 3.8) is 0 Å². The lowest BCUT2D eigenvalue weighted by molar-refractivity contribution is -0.142. The molecular weight excluding hydrogens is 264 g/mol. The summed E-state index contributed by atoms with van der Waals surface area (Å²) in [5, 5.41) is 14.2. The first-order valence-corrected chi connectivity index (χ1v) is 6.80.